The van der Waals surface area contributed by atoms with Crippen LogP contribution in [0.1, 0.15) is 323 Å². The summed E-state index contributed by atoms with van der Waals surface area (Å²) in [5, 5.41) is 0. The standard InChI is InChI=1S/C74H126O6/c1-4-7-10-13-16-19-22-25-28-29-30-31-32-33-34-35-36-37-38-39-40-41-42-43-44-45-47-49-52-55-58-61-64-67-73(76)79-70-71(69-78-72(75)66-63-60-57-54-51-48-27-24-21-18-15-12-9-6-3)80-74(77)68-65-62-59-56-53-50-46-26-23-20-17-14-11-8-5-2/h7,10,16-17,19-20,25-26,28,30-31,33-34,36-37,39-40,46,71H,4-6,8-9,11-15,18,21-24,27,29,32,35,38,41-45,47-70H2,1-3H3/b10-7-,19-16-,20-17-,28-25-,31-30-,34-33-,37-36-,40-39-,46-26-. The lowest BCUT2D eigenvalue weighted by Gasteiger charge is -2.18. The van der Waals surface area contributed by atoms with Crippen LogP contribution in [0.15, 0.2) is 109 Å². The third-order valence-electron chi connectivity index (χ3n) is 14.5. The van der Waals surface area contributed by atoms with Crippen LogP contribution in [0.2, 0.25) is 0 Å². The largest absolute Gasteiger partial charge is 0.462 e. The summed E-state index contributed by atoms with van der Waals surface area (Å²) in [6, 6.07) is 0. The van der Waals surface area contributed by atoms with Gasteiger partial charge in [-0.15, -0.1) is 0 Å². The van der Waals surface area contributed by atoms with Gasteiger partial charge in [0, 0.05) is 19.3 Å². The zero-order valence-corrected chi connectivity index (χ0v) is 52.6. The van der Waals surface area contributed by atoms with Crippen LogP contribution in [-0.2, 0) is 28.6 Å². The number of ether oxygens (including phenoxy) is 3. The minimum Gasteiger partial charge on any atom is -0.462 e. The Hall–Kier alpha value is -3.93. The molecule has 0 amide bonds. The van der Waals surface area contributed by atoms with E-state index >= 15 is 0 Å². The van der Waals surface area contributed by atoms with Gasteiger partial charge in [0.05, 0.1) is 0 Å². The predicted molar refractivity (Wildman–Crippen MR) is 348 cm³/mol. The van der Waals surface area contributed by atoms with E-state index in [0.717, 1.165) is 128 Å². The fraction of sp³-hybridized carbons (Fsp3) is 0.716. The molecule has 0 aliphatic rings. The van der Waals surface area contributed by atoms with Crippen molar-refractivity contribution in [2.45, 2.75) is 329 Å². The van der Waals surface area contributed by atoms with Crippen LogP contribution in [0.5, 0.6) is 0 Å². The first kappa shape index (κ1) is 76.1. The zero-order valence-electron chi connectivity index (χ0n) is 52.6. The van der Waals surface area contributed by atoms with Crippen molar-refractivity contribution in [3.05, 3.63) is 109 Å². The van der Waals surface area contributed by atoms with E-state index in [1.807, 2.05) is 0 Å². The molecule has 0 aromatic carbocycles. The van der Waals surface area contributed by atoms with Gasteiger partial charge in [-0.3, -0.25) is 14.4 Å². The van der Waals surface area contributed by atoms with Crippen molar-refractivity contribution in [3.8, 4) is 0 Å². The van der Waals surface area contributed by atoms with Gasteiger partial charge >= 0.3 is 17.9 Å². The maximum absolute atomic E-state index is 12.9. The Bertz CT molecular complexity index is 1610. The maximum Gasteiger partial charge on any atom is 0.306 e. The second kappa shape index (κ2) is 67.6. The molecule has 0 spiro atoms. The molecule has 0 bridgehead atoms. The van der Waals surface area contributed by atoms with E-state index in [4.69, 9.17) is 14.2 Å². The van der Waals surface area contributed by atoms with Crippen molar-refractivity contribution in [2.75, 3.05) is 13.2 Å². The third-order valence-corrected chi connectivity index (χ3v) is 14.5. The summed E-state index contributed by atoms with van der Waals surface area (Å²) in [5.74, 6) is -0.887. The van der Waals surface area contributed by atoms with Crippen molar-refractivity contribution < 1.29 is 28.6 Å². The lowest BCUT2D eigenvalue weighted by atomic mass is 10.0. The Kier molecular flexibility index (Phi) is 64.3. The quantitative estimate of drug-likeness (QED) is 0.0261. The number of carbonyl (C=O) groups excluding carboxylic acids is 3. The highest BCUT2D eigenvalue weighted by molar-refractivity contribution is 5.71. The number of hydrogen-bond acceptors (Lipinski definition) is 6. The van der Waals surface area contributed by atoms with Crippen LogP contribution in [0.4, 0.5) is 0 Å². The molecule has 0 saturated heterocycles. The average molecular weight is 1110 g/mol. The lowest BCUT2D eigenvalue weighted by molar-refractivity contribution is -0.167. The number of unbranched alkanes of at least 4 members (excludes halogenated alkanes) is 32. The molecule has 0 heterocycles. The third kappa shape index (κ3) is 64.9. The van der Waals surface area contributed by atoms with Crippen molar-refractivity contribution in [1.82, 2.24) is 0 Å². The molecule has 0 aliphatic carbocycles. The second-order valence-electron chi connectivity index (χ2n) is 22.4. The molecule has 6 heteroatoms. The monoisotopic (exact) mass is 1110 g/mol. The van der Waals surface area contributed by atoms with Crippen LogP contribution in [0.3, 0.4) is 0 Å². The topological polar surface area (TPSA) is 78.9 Å². The first-order chi connectivity index (χ1) is 39.5. The SMILES string of the molecule is CC/C=C\C/C=C\C/C=C\C/C=C\C/C=C\C/C=C\C/C=C\CCCCCCCCCCCCCC(=O)OCC(COC(=O)CCCCCCCCCCCCCCCC)OC(=O)CCCCCCC/C=C\C/C=C\CCCCC. The number of esters is 3. The van der Waals surface area contributed by atoms with E-state index in [9.17, 15) is 14.4 Å². The molecule has 0 aromatic heterocycles. The minimum absolute atomic E-state index is 0.0811. The Labute approximate surface area is 495 Å². The van der Waals surface area contributed by atoms with Crippen molar-refractivity contribution >= 4 is 17.9 Å². The molecule has 0 fully saturated rings. The molecule has 1 atom stereocenters. The smallest absolute Gasteiger partial charge is 0.306 e. The summed E-state index contributed by atoms with van der Waals surface area (Å²) in [4.78, 5) is 38.3. The Morgan fingerprint density at radius 1 is 0.263 bits per heavy atom. The van der Waals surface area contributed by atoms with Gasteiger partial charge in [0.15, 0.2) is 6.10 Å². The van der Waals surface area contributed by atoms with Crippen LogP contribution >= 0.6 is 0 Å². The summed E-state index contributed by atoms with van der Waals surface area (Å²) in [5.41, 5.74) is 0. The van der Waals surface area contributed by atoms with Crippen LogP contribution in [-0.4, -0.2) is 37.2 Å². The van der Waals surface area contributed by atoms with E-state index < -0.39 is 6.10 Å². The van der Waals surface area contributed by atoms with E-state index in [1.54, 1.807) is 0 Å². The van der Waals surface area contributed by atoms with Crippen molar-refractivity contribution in [2.24, 2.45) is 0 Å². The highest BCUT2D eigenvalue weighted by atomic mass is 16.6. The van der Waals surface area contributed by atoms with Gasteiger partial charge in [-0.25, -0.2) is 0 Å². The molecule has 0 saturated carbocycles. The van der Waals surface area contributed by atoms with E-state index in [-0.39, 0.29) is 31.1 Å². The highest BCUT2D eigenvalue weighted by Gasteiger charge is 2.19. The Balaban J connectivity index is 4.23. The molecule has 0 aromatic rings. The fourth-order valence-electron chi connectivity index (χ4n) is 9.45. The summed E-state index contributed by atoms with van der Waals surface area (Å²) in [7, 11) is 0. The molecule has 80 heavy (non-hydrogen) atoms. The fourth-order valence-corrected chi connectivity index (χ4v) is 9.45. The number of rotatable bonds is 61. The first-order valence-corrected chi connectivity index (χ1v) is 33.9. The molecule has 0 rings (SSSR count). The maximum atomic E-state index is 12.9. The molecule has 6 nitrogen and oxygen atoms in total. The van der Waals surface area contributed by atoms with Gasteiger partial charge in [-0.2, -0.15) is 0 Å². The first-order valence-electron chi connectivity index (χ1n) is 33.9. The minimum atomic E-state index is -0.786. The van der Waals surface area contributed by atoms with Crippen molar-refractivity contribution in [1.29, 1.82) is 0 Å². The Morgan fingerprint density at radius 2 is 0.487 bits per heavy atom. The van der Waals surface area contributed by atoms with Crippen LogP contribution < -0.4 is 0 Å². The highest BCUT2D eigenvalue weighted by Crippen LogP contribution is 2.16. The van der Waals surface area contributed by atoms with E-state index in [0.29, 0.717) is 19.3 Å². The van der Waals surface area contributed by atoms with Gasteiger partial charge in [0.1, 0.15) is 13.2 Å². The molecule has 0 aliphatic heterocycles. The molecule has 1 unspecified atom stereocenters. The normalized spacial score (nSPS) is 12.8. The van der Waals surface area contributed by atoms with Gasteiger partial charge < -0.3 is 14.2 Å². The van der Waals surface area contributed by atoms with Crippen LogP contribution in [0.25, 0.3) is 0 Å². The summed E-state index contributed by atoms with van der Waals surface area (Å²) < 4.78 is 16.9. The van der Waals surface area contributed by atoms with Gasteiger partial charge in [-0.05, 0) is 109 Å². The summed E-state index contributed by atoms with van der Waals surface area (Å²) in [6.07, 6.45) is 92.5. The predicted octanol–water partition coefficient (Wildman–Crippen LogP) is 23.4. The molecule has 0 N–H and O–H groups in total. The number of allylic oxidation sites excluding steroid dienone is 18. The van der Waals surface area contributed by atoms with Gasteiger partial charge in [-0.1, -0.05) is 304 Å². The van der Waals surface area contributed by atoms with Crippen LogP contribution in [0, 0.1) is 0 Å². The van der Waals surface area contributed by atoms with Gasteiger partial charge in [0.25, 0.3) is 0 Å². The molecule has 458 valence electrons. The molecular formula is C74H126O6. The number of carbonyl (C=O) groups is 3. The second-order valence-corrected chi connectivity index (χ2v) is 22.4. The Morgan fingerprint density at radius 3 is 0.787 bits per heavy atom. The van der Waals surface area contributed by atoms with E-state index in [2.05, 4.69) is 130 Å². The van der Waals surface area contributed by atoms with Gasteiger partial charge in [0.2, 0.25) is 0 Å². The molecular weight excluding hydrogens is 985 g/mol. The summed E-state index contributed by atoms with van der Waals surface area (Å²) >= 11 is 0. The molecule has 0 radical (unpaired) electrons. The van der Waals surface area contributed by atoms with E-state index in [1.165, 1.54) is 154 Å². The summed E-state index contributed by atoms with van der Waals surface area (Å²) in [6.45, 7) is 6.51. The zero-order chi connectivity index (χ0) is 57.8. The van der Waals surface area contributed by atoms with Crippen molar-refractivity contribution in [3.63, 3.8) is 0 Å². The lowest BCUT2D eigenvalue weighted by Crippen LogP contribution is -2.30. The number of hydrogen-bond donors (Lipinski definition) is 0. The average Bonchev–Trinajstić information content (AvgIpc) is 3.46.